The molecule has 1 amide bonds. The first kappa shape index (κ1) is 19.6. The molecule has 3 rings (SSSR count). The number of hydrogen-bond acceptors (Lipinski definition) is 6. The second-order valence-electron chi connectivity index (χ2n) is 6.92. The Bertz CT molecular complexity index is 864. The van der Waals surface area contributed by atoms with Crippen LogP contribution in [0, 0.1) is 0 Å². The van der Waals surface area contributed by atoms with Gasteiger partial charge in [0.05, 0.1) is 24.1 Å². The highest BCUT2D eigenvalue weighted by Gasteiger charge is 2.52. The largest absolute Gasteiger partial charge is 0.467 e. The summed E-state index contributed by atoms with van der Waals surface area (Å²) in [5.41, 5.74) is -0.441. The average molecular weight is 396 g/mol. The number of amides is 1. The van der Waals surface area contributed by atoms with Crippen LogP contribution < -0.4 is 0 Å². The quantitative estimate of drug-likeness (QED) is 0.696. The minimum absolute atomic E-state index is 0.0202. The molecule has 2 aliphatic rings. The zero-order chi connectivity index (χ0) is 19.8. The molecule has 1 fully saturated rings. The molecule has 3 heterocycles. The van der Waals surface area contributed by atoms with E-state index < -0.39 is 21.6 Å². The fourth-order valence-electron chi connectivity index (χ4n) is 3.66. The van der Waals surface area contributed by atoms with E-state index in [1.165, 1.54) is 15.5 Å². The third-order valence-corrected chi connectivity index (χ3v) is 7.13. The van der Waals surface area contributed by atoms with Gasteiger partial charge in [-0.05, 0) is 26.0 Å². The maximum atomic E-state index is 13.1. The number of piperidine rings is 1. The second kappa shape index (κ2) is 7.12. The van der Waals surface area contributed by atoms with Gasteiger partial charge in [-0.15, -0.1) is 0 Å². The van der Waals surface area contributed by atoms with Gasteiger partial charge in [-0.25, -0.2) is 17.5 Å². The van der Waals surface area contributed by atoms with Crippen molar-refractivity contribution >= 4 is 21.9 Å². The number of esters is 1. The van der Waals surface area contributed by atoms with Crippen molar-refractivity contribution in [2.24, 2.45) is 0 Å². The van der Waals surface area contributed by atoms with E-state index in [4.69, 9.17) is 9.15 Å². The summed E-state index contributed by atoms with van der Waals surface area (Å²) in [7, 11) is -1.68. The van der Waals surface area contributed by atoms with E-state index in [1.807, 2.05) is 0 Å². The molecule has 148 valence electrons. The molecule has 0 bridgehead atoms. The number of furan rings is 1. The molecule has 0 aliphatic carbocycles. The highest BCUT2D eigenvalue weighted by molar-refractivity contribution is 7.89. The van der Waals surface area contributed by atoms with Crippen LogP contribution in [-0.2, 0) is 30.9 Å². The Morgan fingerprint density at radius 2 is 2.00 bits per heavy atom. The molecule has 1 spiro atoms. The van der Waals surface area contributed by atoms with Gasteiger partial charge in [0.25, 0.3) is 5.91 Å². The smallest absolute Gasteiger partial charge is 0.335 e. The molecule has 8 nitrogen and oxygen atoms in total. The van der Waals surface area contributed by atoms with Gasteiger partial charge in [0.1, 0.15) is 11.4 Å². The van der Waals surface area contributed by atoms with Gasteiger partial charge in [-0.1, -0.05) is 0 Å². The maximum absolute atomic E-state index is 13.1. The first-order valence-corrected chi connectivity index (χ1v) is 10.5. The van der Waals surface area contributed by atoms with Gasteiger partial charge < -0.3 is 14.1 Å². The van der Waals surface area contributed by atoms with Crippen LogP contribution in [0.4, 0.5) is 0 Å². The highest BCUT2D eigenvalue weighted by atomic mass is 32.2. The van der Waals surface area contributed by atoms with Crippen LogP contribution in [-0.4, -0.2) is 61.0 Å². The maximum Gasteiger partial charge on any atom is 0.335 e. The number of rotatable bonds is 5. The van der Waals surface area contributed by atoms with Crippen LogP contribution in [0.15, 0.2) is 34.0 Å². The predicted molar refractivity (Wildman–Crippen MR) is 97.0 cm³/mol. The van der Waals surface area contributed by atoms with Crippen LogP contribution in [0.1, 0.15) is 32.4 Å². The van der Waals surface area contributed by atoms with Crippen molar-refractivity contribution in [2.75, 3.05) is 25.9 Å². The fourth-order valence-corrected chi connectivity index (χ4v) is 4.77. The summed E-state index contributed by atoms with van der Waals surface area (Å²) in [6.07, 6.45) is 2.07. The lowest BCUT2D eigenvalue weighted by Gasteiger charge is -2.39. The van der Waals surface area contributed by atoms with Crippen LogP contribution in [0.3, 0.4) is 0 Å². The van der Waals surface area contributed by atoms with Gasteiger partial charge in [-0.2, -0.15) is 0 Å². The summed E-state index contributed by atoms with van der Waals surface area (Å²) in [4.78, 5) is 26.8. The van der Waals surface area contributed by atoms with Gasteiger partial charge >= 0.3 is 5.97 Å². The van der Waals surface area contributed by atoms with Crippen molar-refractivity contribution in [3.63, 3.8) is 0 Å². The lowest BCUT2D eigenvalue weighted by molar-refractivity contribution is -0.150. The molecule has 9 heteroatoms. The average Bonchev–Trinajstić information content (AvgIpc) is 3.22. The summed E-state index contributed by atoms with van der Waals surface area (Å²) in [6.45, 7) is 3.88. The van der Waals surface area contributed by atoms with E-state index in [9.17, 15) is 18.0 Å². The molecule has 0 atom stereocenters. The van der Waals surface area contributed by atoms with Crippen LogP contribution in [0.2, 0.25) is 0 Å². The molecule has 1 aromatic heterocycles. The Hall–Kier alpha value is -2.13. The lowest BCUT2D eigenvalue weighted by atomic mass is 9.83. The minimum atomic E-state index is -3.31. The van der Waals surface area contributed by atoms with Gasteiger partial charge in [0.15, 0.2) is 0 Å². The Morgan fingerprint density at radius 3 is 2.56 bits per heavy atom. The third kappa shape index (κ3) is 3.53. The minimum Gasteiger partial charge on any atom is -0.467 e. The fraction of sp³-hybridized carbons (Fsp3) is 0.556. The molecular formula is C18H24N2O6S. The Balaban J connectivity index is 1.82. The molecule has 1 aromatic rings. The summed E-state index contributed by atoms with van der Waals surface area (Å²) < 4.78 is 36.5. The predicted octanol–water partition coefficient (Wildman–Crippen LogP) is 1.30. The summed E-state index contributed by atoms with van der Waals surface area (Å²) in [5.74, 6) is -0.169. The van der Waals surface area contributed by atoms with Gasteiger partial charge in [0.2, 0.25) is 10.0 Å². The number of hydrogen-bond donors (Lipinski definition) is 0. The zero-order valence-electron chi connectivity index (χ0n) is 15.7. The van der Waals surface area contributed by atoms with E-state index >= 15 is 0 Å². The number of carbonyl (C=O) groups excluding carboxylic acids is 2. The Labute approximate surface area is 158 Å². The summed E-state index contributed by atoms with van der Waals surface area (Å²) in [5, 5.41) is 0. The number of ether oxygens (including phenoxy) is 1. The SMILES string of the molecule is CCS(=O)(=O)N1CCC2(CC1)OC(=O)C(C)=C2C(=O)N(C)Cc1ccco1. The molecule has 0 unspecified atom stereocenters. The second-order valence-corrected chi connectivity index (χ2v) is 9.18. The molecule has 0 saturated carbocycles. The normalized spacial score (nSPS) is 20.2. The topological polar surface area (TPSA) is 97.1 Å². The van der Waals surface area contributed by atoms with Crippen molar-refractivity contribution in [2.45, 2.75) is 38.8 Å². The van der Waals surface area contributed by atoms with Crippen molar-refractivity contribution in [3.8, 4) is 0 Å². The van der Waals surface area contributed by atoms with Crippen LogP contribution >= 0.6 is 0 Å². The van der Waals surface area contributed by atoms with E-state index in [0.29, 0.717) is 11.3 Å². The van der Waals surface area contributed by atoms with E-state index in [2.05, 4.69) is 0 Å². The van der Waals surface area contributed by atoms with Gasteiger partial charge in [0, 0.05) is 38.6 Å². The summed E-state index contributed by atoms with van der Waals surface area (Å²) in [6, 6.07) is 3.51. The van der Waals surface area contributed by atoms with E-state index in [-0.39, 0.29) is 49.7 Å². The monoisotopic (exact) mass is 396 g/mol. The van der Waals surface area contributed by atoms with Crippen molar-refractivity contribution < 1.29 is 27.2 Å². The molecule has 0 aromatic carbocycles. The molecule has 0 radical (unpaired) electrons. The van der Waals surface area contributed by atoms with Crippen molar-refractivity contribution in [3.05, 3.63) is 35.3 Å². The highest BCUT2D eigenvalue weighted by Crippen LogP contribution is 2.42. The van der Waals surface area contributed by atoms with E-state index in [0.717, 1.165) is 0 Å². The number of nitrogens with zero attached hydrogens (tertiary/aromatic N) is 2. The van der Waals surface area contributed by atoms with Gasteiger partial charge in [-0.3, -0.25) is 4.79 Å². The first-order chi connectivity index (χ1) is 12.7. The molecule has 2 aliphatic heterocycles. The summed E-state index contributed by atoms with van der Waals surface area (Å²) >= 11 is 0. The molecular weight excluding hydrogens is 372 g/mol. The zero-order valence-corrected chi connectivity index (χ0v) is 16.5. The number of likely N-dealkylation sites (N-methyl/N-ethyl adjacent to an activating group) is 1. The lowest BCUT2D eigenvalue weighted by Crippen LogP contribution is -2.50. The van der Waals surface area contributed by atoms with E-state index in [1.54, 1.807) is 33.0 Å². The first-order valence-electron chi connectivity index (χ1n) is 8.90. The number of sulfonamides is 1. The molecule has 1 saturated heterocycles. The third-order valence-electron chi connectivity index (χ3n) is 5.25. The standard InChI is InChI=1S/C18H24N2O6S/c1-4-27(23,24)20-9-7-18(8-10-20)15(13(2)17(22)26-18)16(21)19(3)12-14-6-5-11-25-14/h5-6,11H,4,7-10,12H2,1-3H3. The van der Waals surface area contributed by atoms with Crippen molar-refractivity contribution in [1.82, 2.24) is 9.21 Å². The molecule has 0 N–H and O–H groups in total. The Kier molecular flexibility index (Phi) is 5.18. The van der Waals surface area contributed by atoms with Crippen molar-refractivity contribution in [1.29, 1.82) is 0 Å². The molecule has 27 heavy (non-hydrogen) atoms. The number of carbonyl (C=O) groups is 2. The Morgan fingerprint density at radius 1 is 1.33 bits per heavy atom. The van der Waals surface area contributed by atoms with Crippen LogP contribution in [0.5, 0.6) is 0 Å². The van der Waals surface area contributed by atoms with Crippen LogP contribution in [0.25, 0.3) is 0 Å².